The molecule has 1 aliphatic rings. The molecule has 0 aliphatic heterocycles. The maximum absolute atomic E-state index is 5.05. The third-order valence-corrected chi connectivity index (χ3v) is 4.60. The zero-order valence-corrected chi connectivity index (χ0v) is 12.7. The van der Waals surface area contributed by atoms with Gasteiger partial charge in [0.2, 0.25) is 0 Å². The van der Waals surface area contributed by atoms with Gasteiger partial charge in [-0.05, 0) is 12.8 Å². The van der Waals surface area contributed by atoms with Crippen LogP contribution in [0.3, 0.4) is 0 Å². The molecule has 1 heterocycles. The van der Waals surface area contributed by atoms with Crippen LogP contribution in [0.25, 0.3) is 0 Å². The van der Waals surface area contributed by atoms with Crippen LogP contribution in [0.5, 0.6) is 0 Å². The van der Waals surface area contributed by atoms with E-state index in [0.717, 1.165) is 25.6 Å². The van der Waals surface area contributed by atoms with Gasteiger partial charge in [-0.15, -0.1) is 11.3 Å². The molecule has 0 aromatic carbocycles. The van der Waals surface area contributed by atoms with Gasteiger partial charge >= 0.3 is 0 Å². The predicted molar refractivity (Wildman–Crippen MR) is 76.4 cm³/mol. The molecular weight excluding hydrogens is 244 g/mol. The molecule has 0 spiro atoms. The van der Waals surface area contributed by atoms with Crippen molar-refractivity contribution in [3.8, 4) is 0 Å². The summed E-state index contributed by atoms with van der Waals surface area (Å²) in [5.41, 5.74) is 1.52. The number of methoxy groups -OCH3 is 1. The van der Waals surface area contributed by atoms with Gasteiger partial charge < -0.3 is 10.1 Å². The summed E-state index contributed by atoms with van der Waals surface area (Å²) in [6.07, 6.45) is 2.64. The van der Waals surface area contributed by atoms with Crippen LogP contribution in [0.15, 0.2) is 0 Å². The SMILES string of the molecule is COCCNCc1sc(C(C)(C)C)nc1C1CC1. The largest absolute Gasteiger partial charge is 0.383 e. The lowest BCUT2D eigenvalue weighted by Gasteiger charge is -2.13. The monoisotopic (exact) mass is 268 g/mol. The molecule has 0 bridgehead atoms. The fourth-order valence-corrected chi connectivity index (χ4v) is 3.04. The summed E-state index contributed by atoms with van der Waals surface area (Å²) in [6.45, 7) is 9.33. The number of aromatic nitrogens is 1. The van der Waals surface area contributed by atoms with Gasteiger partial charge in [-0.1, -0.05) is 20.8 Å². The van der Waals surface area contributed by atoms with Crippen molar-refractivity contribution in [1.82, 2.24) is 10.3 Å². The van der Waals surface area contributed by atoms with Gasteiger partial charge in [-0.3, -0.25) is 0 Å². The van der Waals surface area contributed by atoms with Crippen LogP contribution in [-0.4, -0.2) is 25.2 Å². The summed E-state index contributed by atoms with van der Waals surface area (Å²) >= 11 is 1.88. The van der Waals surface area contributed by atoms with Gasteiger partial charge in [0, 0.05) is 36.4 Å². The molecule has 4 heteroatoms. The summed E-state index contributed by atoms with van der Waals surface area (Å²) in [5, 5.41) is 4.71. The summed E-state index contributed by atoms with van der Waals surface area (Å²) in [6, 6.07) is 0. The third-order valence-electron chi connectivity index (χ3n) is 3.10. The van der Waals surface area contributed by atoms with E-state index in [9.17, 15) is 0 Å². The lowest BCUT2D eigenvalue weighted by Crippen LogP contribution is -2.18. The van der Waals surface area contributed by atoms with Crippen molar-refractivity contribution in [3.05, 3.63) is 15.6 Å². The van der Waals surface area contributed by atoms with Crippen LogP contribution >= 0.6 is 11.3 Å². The Morgan fingerprint density at radius 3 is 2.67 bits per heavy atom. The lowest BCUT2D eigenvalue weighted by atomic mass is 9.98. The van der Waals surface area contributed by atoms with E-state index in [-0.39, 0.29) is 5.41 Å². The smallest absolute Gasteiger partial charge is 0.0985 e. The zero-order valence-electron chi connectivity index (χ0n) is 11.9. The van der Waals surface area contributed by atoms with Gasteiger partial charge in [0.05, 0.1) is 17.3 Å². The second-order valence-electron chi connectivity index (χ2n) is 6.02. The van der Waals surface area contributed by atoms with E-state index in [1.807, 2.05) is 11.3 Å². The normalized spacial score (nSPS) is 16.2. The van der Waals surface area contributed by atoms with Crippen molar-refractivity contribution >= 4 is 11.3 Å². The van der Waals surface area contributed by atoms with E-state index in [4.69, 9.17) is 9.72 Å². The number of hydrogen-bond donors (Lipinski definition) is 1. The van der Waals surface area contributed by atoms with Crippen LogP contribution in [-0.2, 0) is 16.7 Å². The van der Waals surface area contributed by atoms with E-state index in [1.165, 1.54) is 28.4 Å². The number of ether oxygens (including phenoxy) is 1. The Morgan fingerprint density at radius 1 is 1.39 bits per heavy atom. The Labute approximate surface area is 114 Å². The predicted octanol–water partition coefficient (Wildman–Crippen LogP) is 3.05. The van der Waals surface area contributed by atoms with Crippen LogP contribution in [0, 0.1) is 0 Å². The van der Waals surface area contributed by atoms with Gasteiger partial charge in [0.25, 0.3) is 0 Å². The highest BCUT2D eigenvalue weighted by molar-refractivity contribution is 7.11. The van der Waals surface area contributed by atoms with Crippen molar-refractivity contribution in [2.45, 2.75) is 51.5 Å². The maximum Gasteiger partial charge on any atom is 0.0985 e. The van der Waals surface area contributed by atoms with Crippen molar-refractivity contribution in [1.29, 1.82) is 0 Å². The highest BCUT2D eigenvalue weighted by Gasteiger charge is 2.31. The molecule has 3 nitrogen and oxygen atoms in total. The van der Waals surface area contributed by atoms with Crippen LogP contribution in [0.2, 0.25) is 0 Å². The minimum absolute atomic E-state index is 0.166. The van der Waals surface area contributed by atoms with E-state index in [2.05, 4.69) is 26.1 Å². The molecule has 0 saturated heterocycles. The molecule has 1 aliphatic carbocycles. The third kappa shape index (κ3) is 3.53. The average Bonchev–Trinajstić information content (AvgIpc) is 3.04. The number of rotatable bonds is 6. The highest BCUT2D eigenvalue weighted by Crippen LogP contribution is 2.44. The van der Waals surface area contributed by atoms with Gasteiger partial charge in [0.1, 0.15) is 0 Å². The molecule has 2 rings (SSSR count). The van der Waals surface area contributed by atoms with E-state index in [1.54, 1.807) is 7.11 Å². The first kappa shape index (κ1) is 14.0. The Kier molecular flexibility index (Phi) is 4.41. The molecule has 0 amide bonds. The van der Waals surface area contributed by atoms with E-state index < -0.39 is 0 Å². The van der Waals surface area contributed by atoms with Crippen LogP contribution < -0.4 is 5.32 Å². The van der Waals surface area contributed by atoms with Crippen molar-refractivity contribution in [2.24, 2.45) is 0 Å². The molecule has 102 valence electrons. The fraction of sp³-hybridized carbons (Fsp3) is 0.786. The molecular formula is C14H24N2OS. The zero-order chi connectivity index (χ0) is 13.2. The first-order chi connectivity index (χ1) is 8.52. The Bertz CT molecular complexity index is 391. The summed E-state index contributed by atoms with van der Waals surface area (Å²) in [7, 11) is 1.74. The molecule has 0 radical (unpaired) electrons. The first-order valence-electron chi connectivity index (χ1n) is 6.72. The minimum atomic E-state index is 0.166. The Hall–Kier alpha value is -0.450. The maximum atomic E-state index is 5.05. The molecule has 1 aromatic rings. The van der Waals surface area contributed by atoms with Crippen molar-refractivity contribution in [3.63, 3.8) is 0 Å². The average molecular weight is 268 g/mol. The number of thiazole rings is 1. The summed E-state index contributed by atoms with van der Waals surface area (Å²) in [4.78, 5) is 6.32. The van der Waals surface area contributed by atoms with Crippen LogP contribution in [0.1, 0.15) is 55.1 Å². The Balaban J connectivity index is 2.05. The van der Waals surface area contributed by atoms with Gasteiger partial charge in [-0.2, -0.15) is 0 Å². The van der Waals surface area contributed by atoms with Crippen molar-refractivity contribution < 1.29 is 4.74 Å². The summed E-state index contributed by atoms with van der Waals surface area (Å²) < 4.78 is 5.05. The number of nitrogens with one attached hydrogen (secondary N) is 1. The summed E-state index contributed by atoms with van der Waals surface area (Å²) in [5.74, 6) is 0.733. The standard InChI is InChI=1S/C14H24N2OS/c1-14(2,3)13-16-12(10-5-6-10)11(18-13)9-15-7-8-17-4/h10,15H,5-9H2,1-4H3. The molecule has 0 atom stereocenters. The van der Waals surface area contributed by atoms with E-state index in [0.29, 0.717) is 0 Å². The van der Waals surface area contributed by atoms with Crippen molar-refractivity contribution in [2.75, 3.05) is 20.3 Å². The van der Waals surface area contributed by atoms with Crippen LogP contribution in [0.4, 0.5) is 0 Å². The lowest BCUT2D eigenvalue weighted by molar-refractivity contribution is 0.199. The molecule has 18 heavy (non-hydrogen) atoms. The molecule has 1 N–H and O–H groups in total. The molecule has 0 unspecified atom stereocenters. The van der Waals surface area contributed by atoms with Gasteiger partial charge in [-0.25, -0.2) is 4.98 Å². The molecule has 1 saturated carbocycles. The topological polar surface area (TPSA) is 34.1 Å². The fourth-order valence-electron chi connectivity index (χ4n) is 1.86. The number of nitrogens with zero attached hydrogens (tertiary/aromatic N) is 1. The second-order valence-corrected chi connectivity index (χ2v) is 7.10. The Morgan fingerprint density at radius 2 is 2.11 bits per heavy atom. The van der Waals surface area contributed by atoms with E-state index >= 15 is 0 Å². The second kappa shape index (κ2) is 5.68. The van der Waals surface area contributed by atoms with Gasteiger partial charge in [0.15, 0.2) is 0 Å². The molecule has 1 fully saturated rings. The first-order valence-corrected chi connectivity index (χ1v) is 7.53. The molecule has 1 aromatic heterocycles. The quantitative estimate of drug-likeness (QED) is 0.805. The number of hydrogen-bond acceptors (Lipinski definition) is 4. The minimum Gasteiger partial charge on any atom is -0.383 e. The highest BCUT2D eigenvalue weighted by atomic mass is 32.1.